The maximum absolute atomic E-state index is 12.4. The number of hydrogen-bond donors (Lipinski definition) is 0. The number of rotatable bonds is 6. The number of para-hydroxylation sites is 1. The van der Waals surface area contributed by atoms with Crippen LogP contribution in [-0.2, 0) is 11.2 Å². The Morgan fingerprint density at radius 2 is 2.28 bits per heavy atom. The number of ether oxygens (including phenoxy) is 1. The summed E-state index contributed by atoms with van der Waals surface area (Å²) in [6.07, 6.45) is 2.91. The number of likely N-dealkylation sites (tertiary alicyclic amines) is 1. The summed E-state index contributed by atoms with van der Waals surface area (Å²) in [5.41, 5.74) is 0. The van der Waals surface area contributed by atoms with Crippen LogP contribution in [0.3, 0.4) is 0 Å². The third-order valence-electron chi connectivity index (χ3n) is 4.31. The van der Waals surface area contributed by atoms with Gasteiger partial charge in [-0.05, 0) is 31.9 Å². The lowest BCUT2D eigenvalue weighted by molar-refractivity contribution is -0.133. The van der Waals surface area contributed by atoms with Gasteiger partial charge in [-0.15, -0.1) is 0 Å². The van der Waals surface area contributed by atoms with Crippen LogP contribution in [0, 0.1) is 12.8 Å². The van der Waals surface area contributed by atoms with Crippen LogP contribution in [0.4, 0.5) is 0 Å². The second kappa shape index (κ2) is 8.34. The number of carbonyl (C=O) groups excluding carboxylic acids is 1. The highest BCUT2D eigenvalue weighted by atomic mass is 35.5. The molecule has 1 saturated heterocycles. The topological polar surface area (TPSA) is 68.5 Å². The molecule has 1 aromatic heterocycles. The van der Waals surface area contributed by atoms with Gasteiger partial charge in [-0.2, -0.15) is 4.98 Å². The van der Waals surface area contributed by atoms with Crippen LogP contribution in [0.1, 0.15) is 31.0 Å². The van der Waals surface area contributed by atoms with Gasteiger partial charge in [-0.25, -0.2) is 0 Å². The largest absolute Gasteiger partial charge is 0.492 e. The van der Waals surface area contributed by atoms with Gasteiger partial charge < -0.3 is 14.2 Å². The van der Waals surface area contributed by atoms with Gasteiger partial charge in [0.2, 0.25) is 11.8 Å². The fraction of sp³-hybridized carbons (Fsp3) is 0.500. The molecule has 0 saturated carbocycles. The summed E-state index contributed by atoms with van der Waals surface area (Å²) in [5, 5.41) is 4.35. The Morgan fingerprint density at radius 1 is 1.44 bits per heavy atom. The van der Waals surface area contributed by atoms with Crippen LogP contribution in [0.2, 0.25) is 5.02 Å². The predicted octanol–water partition coefficient (Wildman–Crippen LogP) is 3.28. The van der Waals surface area contributed by atoms with Crippen LogP contribution >= 0.6 is 11.6 Å². The van der Waals surface area contributed by atoms with Crippen LogP contribution in [0.25, 0.3) is 0 Å². The number of piperidine rings is 1. The molecule has 1 aliphatic rings. The summed E-state index contributed by atoms with van der Waals surface area (Å²) in [4.78, 5) is 18.5. The van der Waals surface area contributed by atoms with E-state index in [1.807, 2.05) is 29.2 Å². The Balaban J connectivity index is 1.47. The quantitative estimate of drug-likeness (QED) is 0.787. The van der Waals surface area contributed by atoms with E-state index < -0.39 is 0 Å². The maximum Gasteiger partial charge on any atom is 0.227 e. The number of hydrogen-bond acceptors (Lipinski definition) is 5. The normalized spacial score (nSPS) is 17.5. The van der Waals surface area contributed by atoms with Gasteiger partial charge in [0, 0.05) is 31.8 Å². The average molecular weight is 364 g/mol. The number of nitrogens with zero attached hydrogens (tertiary/aromatic N) is 3. The number of aryl methyl sites for hydroxylation is 2. The lowest BCUT2D eigenvalue weighted by atomic mass is 9.98. The molecule has 0 bridgehead atoms. The molecular formula is C18H22ClN3O3. The monoisotopic (exact) mass is 363 g/mol. The number of halogens is 1. The molecule has 0 radical (unpaired) electrons. The van der Waals surface area contributed by atoms with Crippen molar-refractivity contribution >= 4 is 17.5 Å². The highest BCUT2D eigenvalue weighted by Crippen LogP contribution is 2.25. The maximum atomic E-state index is 12.4. The molecular weight excluding hydrogens is 342 g/mol. The van der Waals surface area contributed by atoms with E-state index in [2.05, 4.69) is 10.1 Å². The van der Waals surface area contributed by atoms with E-state index in [1.165, 1.54) is 0 Å². The van der Waals surface area contributed by atoms with E-state index in [4.69, 9.17) is 20.9 Å². The lowest BCUT2D eigenvalue weighted by Crippen LogP contribution is -2.41. The van der Waals surface area contributed by atoms with Crippen molar-refractivity contribution in [1.29, 1.82) is 0 Å². The molecule has 1 amide bonds. The third-order valence-corrected chi connectivity index (χ3v) is 4.62. The number of benzene rings is 1. The van der Waals surface area contributed by atoms with Crippen molar-refractivity contribution < 1.29 is 14.1 Å². The molecule has 2 heterocycles. The highest BCUT2D eigenvalue weighted by molar-refractivity contribution is 6.32. The summed E-state index contributed by atoms with van der Waals surface area (Å²) in [6, 6.07) is 7.45. The Bertz CT molecular complexity index is 719. The van der Waals surface area contributed by atoms with Crippen LogP contribution in [0.15, 0.2) is 28.8 Å². The molecule has 1 aromatic carbocycles. The van der Waals surface area contributed by atoms with Crippen molar-refractivity contribution in [3.63, 3.8) is 0 Å². The number of carbonyl (C=O) groups is 1. The first-order chi connectivity index (χ1) is 12.1. The average Bonchev–Trinajstić information content (AvgIpc) is 3.04. The number of aromatic nitrogens is 2. The fourth-order valence-corrected chi connectivity index (χ4v) is 3.20. The molecule has 134 valence electrons. The summed E-state index contributed by atoms with van der Waals surface area (Å²) >= 11 is 6.11. The molecule has 0 aliphatic carbocycles. The zero-order valence-electron chi connectivity index (χ0n) is 14.3. The van der Waals surface area contributed by atoms with Gasteiger partial charge >= 0.3 is 0 Å². The predicted molar refractivity (Wildman–Crippen MR) is 93.6 cm³/mol. The minimum atomic E-state index is 0.123. The summed E-state index contributed by atoms with van der Waals surface area (Å²) < 4.78 is 10.9. The minimum absolute atomic E-state index is 0.123. The standard InChI is InChI=1S/C18H22ClN3O3/c1-13-20-17(25-21-13)8-9-18(23)22-10-4-5-14(11-22)12-24-16-7-3-2-6-15(16)19/h2-3,6-7,14H,4-5,8-12H2,1H3. The van der Waals surface area contributed by atoms with E-state index in [1.54, 1.807) is 6.92 Å². The van der Waals surface area contributed by atoms with Crippen LogP contribution in [0.5, 0.6) is 5.75 Å². The van der Waals surface area contributed by atoms with Gasteiger partial charge in [-0.1, -0.05) is 28.9 Å². The molecule has 0 spiro atoms. The second-order valence-corrected chi connectivity index (χ2v) is 6.73. The molecule has 7 heteroatoms. The zero-order chi connectivity index (χ0) is 17.6. The summed E-state index contributed by atoms with van der Waals surface area (Å²) in [6.45, 7) is 3.84. The second-order valence-electron chi connectivity index (χ2n) is 6.32. The minimum Gasteiger partial charge on any atom is -0.492 e. The first-order valence-corrected chi connectivity index (χ1v) is 8.94. The van der Waals surface area contributed by atoms with Crippen molar-refractivity contribution in [3.8, 4) is 5.75 Å². The lowest BCUT2D eigenvalue weighted by Gasteiger charge is -2.32. The van der Waals surface area contributed by atoms with Crippen molar-refractivity contribution in [1.82, 2.24) is 15.0 Å². The molecule has 1 atom stereocenters. The molecule has 25 heavy (non-hydrogen) atoms. The summed E-state index contributed by atoms with van der Waals surface area (Å²) in [5.74, 6) is 2.25. The van der Waals surface area contributed by atoms with E-state index >= 15 is 0 Å². The molecule has 3 rings (SSSR count). The van der Waals surface area contributed by atoms with Gasteiger partial charge in [0.05, 0.1) is 11.6 Å². The van der Waals surface area contributed by atoms with E-state index in [9.17, 15) is 4.79 Å². The van der Waals surface area contributed by atoms with Crippen molar-refractivity contribution in [2.75, 3.05) is 19.7 Å². The van der Waals surface area contributed by atoms with Gasteiger partial charge in [0.15, 0.2) is 5.82 Å². The molecule has 2 aromatic rings. The SMILES string of the molecule is Cc1noc(CCC(=O)N2CCCC(COc3ccccc3Cl)C2)n1. The van der Waals surface area contributed by atoms with E-state index in [0.717, 1.165) is 19.4 Å². The van der Waals surface area contributed by atoms with Gasteiger partial charge in [0.1, 0.15) is 5.75 Å². The third kappa shape index (κ3) is 4.95. The summed E-state index contributed by atoms with van der Waals surface area (Å²) in [7, 11) is 0. The number of amides is 1. The van der Waals surface area contributed by atoms with Crippen molar-refractivity contribution in [2.24, 2.45) is 5.92 Å². The zero-order valence-corrected chi connectivity index (χ0v) is 15.0. The van der Waals surface area contributed by atoms with Crippen LogP contribution < -0.4 is 4.74 Å². The fourth-order valence-electron chi connectivity index (χ4n) is 3.01. The molecule has 0 N–H and O–H groups in total. The Kier molecular flexibility index (Phi) is 5.91. The molecule has 1 fully saturated rings. The van der Waals surface area contributed by atoms with E-state index in [0.29, 0.717) is 54.4 Å². The Labute approximate surface area is 152 Å². The van der Waals surface area contributed by atoms with Gasteiger partial charge in [0.25, 0.3) is 0 Å². The highest BCUT2D eigenvalue weighted by Gasteiger charge is 2.24. The Hall–Kier alpha value is -2.08. The van der Waals surface area contributed by atoms with Gasteiger partial charge in [-0.3, -0.25) is 4.79 Å². The first-order valence-electron chi connectivity index (χ1n) is 8.56. The van der Waals surface area contributed by atoms with Crippen LogP contribution in [-0.4, -0.2) is 40.6 Å². The first kappa shape index (κ1) is 17.7. The molecule has 1 aliphatic heterocycles. The Morgan fingerprint density at radius 3 is 3.04 bits per heavy atom. The molecule has 1 unspecified atom stereocenters. The van der Waals surface area contributed by atoms with Crippen molar-refractivity contribution in [3.05, 3.63) is 41.0 Å². The smallest absolute Gasteiger partial charge is 0.227 e. The van der Waals surface area contributed by atoms with Crippen molar-refractivity contribution in [2.45, 2.75) is 32.6 Å². The van der Waals surface area contributed by atoms with E-state index in [-0.39, 0.29) is 5.91 Å². The molecule has 6 nitrogen and oxygen atoms in total.